The van der Waals surface area contributed by atoms with Gasteiger partial charge in [0.15, 0.2) is 0 Å². The number of carbonyl (C=O) groups is 1. The van der Waals surface area contributed by atoms with Gasteiger partial charge in [0.25, 0.3) is 11.7 Å². The summed E-state index contributed by atoms with van der Waals surface area (Å²) in [4.78, 5) is 18.9. The molecular formula is C17H22N3OS+. The average Bonchev–Trinajstić information content (AvgIpc) is 3.06. The fraction of sp³-hybridized carbons (Fsp3) is 0.412. The lowest BCUT2D eigenvalue weighted by atomic mass is 10.0. The second kappa shape index (κ2) is 6.92. The predicted molar refractivity (Wildman–Crippen MR) is 89.1 cm³/mol. The van der Waals surface area contributed by atoms with Crippen LogP contribution in [0.3, 0.4) is 0 Å². The van der Waals surface area contributed by atoms with Gasteiger partial charge < -0.3 is 5.32 Å². The number of hydrogen-bond acceptors (Lipinski definition) is 3. The Kier molecular flexibility index (Phi) is 4.73. The van der Waals surface area contributed by atoms with Crippen LogP contribution in [-0.2, 0) is 6.54 Å². The molecule has 4 nitrogen and oxygen atoms in total. The van der Waals surface area contributed by atoms with Gasteiger partial charge in [-0.25, -0.2) is 4.98 Å². The lowest BCUT2D eigenvalue weighted by Crippen LogP contribution is -2.38. The summed E-state index contributed by atoms with van der Waals surface area (Å²) in [5.41, 5.74) is 0.672. The van der Waals surface area contributed by atoms with E-state index in [-0.39, 0.29) is 5.91 Å². The number of thiophene rings is 1. The number of piperidine rings is 1. The number of carbonyl (C=O) groups excluding carboxylic acids is 1. The summed E-state index contributed by atoms with van der Waals surface area (Å²) < 4.78 is 0. The van der Waals surface area contributed by atoms with E-state index in [0.717, 1.165) is 29.7 Å². The van der Waals surface area contributed by atoms with Gasteiger partial charge in [-0.15, -0.1) is 11.3 Å². The summed E-state index contributed by atoms with van der Waals surface area (Å²) in [5, 5.41) is 4.96. The Morgan fingerprint density at radius 1 is 1.45 bits per heavy atom. The smallest absolute Gasteiger partial charge is 0.274 e. The second-order valence-electron chi connectivity index (χ2n) is 5.92. The lowest BCUT2D eigenvalue weighted by Gasteiger charge is -2.25. The zero-order valence-electron chi connectivity index (χ0n) is 12.8. The van der Waals surface area contributed by atoms with Crippen LogP contribution in [0.25, 0.3) is 0 Å². The van der Waals surface area contributed by atoms with Crippen LogP contribution in [0.1, 0.15) is 35.0 Å². The van der Waals surface area contributed by atoms with E-state index in [1.165, 1.54) is 12.8 Å². The molecule has 1 saturated heterocycles. The van der Waals surface area contributed by atoms with Crippen molar-refractivity contribution in [3.63, 3.8) is 0 Å². The quantitative estimate of drug-likeness (QED) is 0.943. The van der Waals surface area contributed by atoms with Crippen molar-refractivity contribution in [1.29, 1.82) is 0 Å². The highest BCUT2D eigenvalue weighted by Crippen LogP contribution is 2.19. The summed E-state index contributed by atoms with van der Waals surface area (Å²) in [5.74, 6) is 1.79. The highest BCUT2D eigenvalue weighted by Gasteiger charge is 2.23. The van der Waals surface area contributed by atoms with Gasteiger partial charge in [-0.05, 0) is 36.3 Å². The Labute approximate surface area is 135 Å². The van der Waals surface area contributed by atoms with E-state index < -0.39 is 0 Å². The summed E-state index contributed by atoms with van der Waals surface area (Å²) in [6.07, 6.45) is 4.34. The van der Waals surface area contributed by atoms with Crippen LogP contribution in [0.2, 0.25) is 0 Å². The van der Waals surface area contributed by atoms with Crippen molar-refractivity contribution in [3.8, 4) is 0 Å². The van der Waals surface area contributed by atoms with Gasteiger partial charge in [-0.1, -0.05) is 13.0 Å². The fourth-order valence-electron chi connectivity index (χ4n) is 2.85. The molecule has 0 radical (unpaired) electrons. The van der Waals surface area contributed by atoms with E-state index in [9.17, 15) is 4.79 Å². The number of aromatic nitrogens is 1. The second-order valence-corrected chi connectivity index (χ2v) is 6.95. The summed E-state index contributed by atoms with van der Waals surface area (Å²) in [6.45, 7) is 5.05. The molecule has 0 saturated carbocycles. The molecule has 1 aliphatic heterocycles. The lowest BCUT2D eigenvalue weighted by molar-refractivity contribution is -0.364. The standard InChI is InChI=1S/C17H21N3OS/c1-13-4-2-8-20(12-13)16-7-6-14(10-18-16)17(21)19-11-15-5-3-9-22-15/h3,5-7,9-10,13H,2,4,8,11-12H2,1H3,(H,19,21)/p+1/t13-/m1/s1. The molecule has 0 aromatic carbocycles. The fourth-order valence-corrected chi connectivity index (χ4v) is 3.49. The number of amides is 1. The van der Waals surface area contributed by atoms with Crippen molar-refractivity contribution in [2.45, 2.75) is 26.3 Å². The zero-order valence-corrected chi connectivity index (χ0v) is 13.7. The van der Waals surface area contributed by atoms with E-state index in [1.54, 1.807) is 17.5 Å². The van der Waals surface area contributed by atoms with Crippen molar-refractivity contribution in [3.05, 3.63) is 46.3 Å². The molecule has 0 bridgehead atoms. The number of aromatic amines is 1. The zero-order chi connectivity index (χ0) is 15.4. The van der Waals surface area contributed by atoms with Crippen LogP contribution >= 0.6 is 11.3 Å². The normalized spacial score (nSPS) is 18.2. The third kappa shape index (κ3) is 3.65. The predicted octanol–water partition coefficient (Wildman–Crippen LogP) is 2.73. The molecule has 116 valence electrons. The summed E-state index contributed by atoms with van der Waals surface area (Å²) in [6, 6.07) is 7.93. The molecule has 1 atom stereocenters. The number of rotatable bonds is 4. The number of nitrogens with zero attached hydrogens (tertiary/aromatic N) is 1. The monoisotopic (exact) mass is 316 g/mol. The Bertz CT molecular complexity index is 609. The summed E-state index contributed by atoms with van der Waals surface area (Å²) >= 11 is 1.65. The van der Waals surface area contributed by atoms with Crippen LogP contribution < -0.4 is 15.2 Å². The molecule has 1 aliphatic rings. The van der Waals surface area contributed by atoms with Crippen LogP contribution in [0, 0.1) is 5.92 Å². The van der Waals surface area contributed by atoms with Gasteiger partial charge in [-0.3, -0.25) is 9.69 Å². The van der Waals surface area contributed by atoms with E-state index in [0.29, 0.717) is 12.1 Å². The van der Waals surface area contributed by atoms with Gasteiger partial charge in [0.2, 0.25) is 0 Å². The molecule has 22 heavy (non-hydrogen) atoms. The maximum absolute atomic E-state index is 12.1. The van der Waals surface area contributed by atoms with Gasteiger partial charge in [-0.2, -0.15) is 0 Å². The average molecular weight is 316 g/mol. The highest BCUT2D eigenvalue weighted by molar-refractivity contribution is 7.09. The topological polar surface area (TPSA) is 46.5 Å². The molecule has 5 heteroatoms. The van der Waals surface area contributed by atoms with Crippen LogP contribution in [-0.4, -0.2) is 19.0 Å². The first-order chi connectivity index (χ1) is 10.7. The number of nitrogens with one attached hydrogen (secondary N) is 2. The van der Waals surface area contributed by atoms with Crippen molar-refractivity contribution in [1.82, 2.24) is 5.32 Å². The molecular weight excluding hydrogens is 294 g/mol. The van der Waals surface area contributed by atoms with Crippen molar-refractivity contribution in [2.24, 2.45) is 5.92 Å². The number of anilines is 1. The molecule has 3 rings (SSSR count). The minimum Gasteiger partial charge on any atom is -0.347 e. The third-order valence-corrected chi connectivity index (χ3v) is 4.94. The van der Waals surface area contributed by atoms with Crippen molar-refractivity contribution >= 4 is 23.1 Å². The van der Waals surface area contributed by atoms with E-state index in [1.807, 2.05) is 29.6 Å². The first kappa shape index (κ1) is 15.0. The van der Waals surface area contributed by atoms with Gasteiger partial charge in [0, 0.05) is 10.9 Å². The first-order valence-corrected chi connectivity index (χ1v) is 8.67. The van der Waals surface area contributed by atoms with Crippen LogP contribution in [0.15, 0.2) is 35.8 Å². The number of pyridine rings is 1. The maximum atomic E-state index is 12.1. The maximum Gasteiger partial charge on any atom is 0.274 e. The van der Waals surface area contributed by atoms with E-state index in [4.69, 9.17) is 0 Å². The number of hydrogen-bond donors (Lipinski definition) is 1. The minimum absolute atomic E-state index is 0.0387. The molecule has 2 aromatic heterocycles. The van der Waals surface area contributed by atoms with Crippen LogP contribution in [0.4, 0.5) is 5.82 Å². The highest BCUT2D eigenvalue weighted by atomic mass is 32.1. The van der Waals surface area contributed by atoms with Crippen molar-refractivity contribution < 1.29 is 9.78 Å². The van der Waals surface area contributed by atoms with E-state index >= 15 is 0 Å². The summed E-state index contributed by atoms with van der Waals surface area (Å²) in [7, 11) is 0. The van der Waals surface area contributed by atoms with Gasteiger partial charge in [0.05, 0.1) is 25.2 Å². The molecule has 3 heterocycles. The van der Waals surface area contributed by atoms with E-state index in [2.05, 4.69) is 22.1 Å². The minimum atomic E-state index is -0.0387. The Morgan fingerprint density at radius 2 is 2.36 bits per heavy atom. The Balaban J connectivity index is 1.59. The molecule has 2 aromatic rings. The molecule has 0 spiro atoms. The van der Waals surface area contributed by atoms with Gasteiger partial charge >= 0.3 is 0 Å². The Morgan fingerprint density at radius 3 is 3.05 bits per heavy atom. The molecule has 2 N–H and O–H groups in total. The number of H-pyrrole nitrogens is 1. The molecule has 0 unspecified atom stereocenters. The SMILES string of the molecule is C[C@@H]1CCCN(c2ccc(C(=O)NCc3cccs3)c[nH+]2)C1. The Hall–Kier alpha value is -1.88. The largest absolute Gasteiger partial charge is 0.347 e. The van der Waals surface area contributed by atoms with Crippen LogP contribution in [0.5, 0.6) is 0 Å². The van der Waals surface area contributed by atoms with Gasteiger partial charge in [0.1, 0.15) is 6.20 Å². The first-order valence-electron chi connectivity index (χ1n) is 7.79. The van der Waals surface area contributed by atoms with Crippen molar-refractivity contribution in [2.75, 3.05) is 18.0 Å². The molecule has 1 amide bonds. The molecule has 0 aliphatic carbocycles. The third-order valence-electron chi connectivity index (χ3n) is 4.06. The molecule has 1 fully saturated rings.